The lowest BCUT2D eigenvalue weighted by atomic mass is 10.2. The van der Waals surface area contributed by atoms with E-state index in [-0.39, 0.29) is 0 Å². The van der Waals surface area contributed by atoms with E-state index in [1.165, 1.54) is 11.1 Å². The number of aromatic nitrogens is 2. The number of aryl methyl sites for hydroxylation is 1. The van der Waals surface area contributed by atoms with Crippen molar-refractivity contribution < 1.29 is 4.74 Å². The van der Waals surface area contributed by atoms with Crippen LogP contribution < -0.4 is 10.1 Å². The van der Waals surface area contributed by atoms with Gasteiger partial charge in [-0.3, -0.25) is 4.68 Å². The Hall–Kier alpha value is -1.81. The summed E-state index contributed by atoms with van der Waals surface area (Å²) in [5.74, 6) is 0.930. The molecule has 0 atom stereocenters. The average Bonchev–Trinajstić information content (AvgIpc) is 2.83. The quantitative estimate of drug-likeness (QED) is 0.828. The van der Waals surface area contributed by atoms with Gasteiger partial charge in [0.1, 0.15) is 5.75 Å². The second kappa shape index (κ2) is 6.95. The normalized spacial score (nSPS) is 10.6. The Morgan fingerprint density at radius 3 is 2.95 bits per heavy atom. The van der Waals surface area contributed by atoms with Crippen LogP contribution in [0.4, 0.5) is 0 Å². The molecule has 0 unspecified atom stereocenters. The van der Waals surface area contributed by atoms with Gasteiger partial charge in [-0.25, -0.2) is 0 Å². The first-order valence-corrected chi connectivity index (χ1v) is 6.68. The Morgan fingerprint density at radius 2 is 2.21 bits per heavy atom. The molecule has 1 aromatic carbocycles. The average molecular weight is 259 g/mol. The van der Waals surface area contributed by atoms with Gasteiger partial charge >= 0.3 is 0 Å². The highest BCUT2D eigenvalue weighted by Crippen LogP contribution is 2.13. The van der Waals surface area contributed by atoms with Gasteiger partial charge in [-0.05, 0) is 29.8 Å². The van der Waals surface area contributed by atoms with Gasteiger partial charge in [0, 0.05) is 26.2 Å². The van der Waals surface area contributed by atoms with Crippen molar-refractivity contribution in [2.45, 2.75) is 19.9 Å². The Bertz CT molecular complexity index is 508. The zero-order chi connectivity index (χ0) is 13.5. The molecule has 0 aliphatic heterocycles. The molecule has 0 saturated heterocycles. The van der Waals surface area contributed by atoms with Crippen molar-refractivity contribution >= 4 is 0 Å². The molecule has 2 rings (SSSR count). The van der Waals surface area contributed by atoms with Crippen molar-refractivity contribution in [3.05, 3.63) is 47.8 Å². The summed E-state index contributed by atoms with van der Waals surface area (Å²) in [7, 11) is 1.93. The Morgan fingerprint density at radius 1 is 1.32 bits per heavy atom. The smallest absolute Gasteiger partial charge is 0.119 e. The van der Waals surface area contributed by atoms with Crippen molar-refractivity contribution in [1.29, 1.82) is 0 Å². The molecule has 1 heterocycles. The Kier molecular flexibility index (Phi) is 4.98. The molecule has 1 N–H and O–H groups in total. The summed E-state index contributed by atoms with van der Waals surface area (Å²) in [5, 5.41) is 7.45. The monoisotopic (exact) mass is 259 g/mol. The van der Waals surface area contributed by atoms with Gasteiger partial charge in [0.25, 0.3) is 0 Å². The van der Waals surface area contributed by atoms with Gasteiger partial charge in [0.05, 0.1) is 12.8 Å². The molecule has 0 aliphatic carbocycles. The maximum atomic E-state index is 5.78. The lowest BCUT2D eigenvalue weighted by molar-refractivity contribution is 0.321. The summed E-state index contributed by atoms with van der Waals surface area (Å²) in [6, 6.07) is 8.23. The minimum absolute atomic E-state index is 0.677. The fourth-order valence-corrected chi connectivity index (χ4v) is 1.90. The van der Waals surface area contributed by atoms with E-state index in [9.17, 15) is 0 Å². The molecule has 1 aromatic heterocycles. The number of ether oxygens (including phenoxy) is 1. The van der Waals surface area contributed by atoms with E-state index in [2.05, 4.69) is 29.5 Å². The molecule has 4 heteroatoms. The predicted octanol–water partition coefficient (Wildman–Crippen LogP) is 2.15. The van der Waals surface area contributed by atoms with Crippen molar-refractivity contribution in [3.63, 3.8) is 0 Å². The molecule has 0 aliphatic rings. The van der Waals surface area contributed by atoms with Gasteiger partial charge in [-0.15, -0.1) is 0 Å². The summed E-state index contributed by atoms with van der Waals surface area (Å²) in [5.41, 5.74) is 2.45. The topological polar surface area (TPSA) is 39.1 Å². The Balaban J connectivity index is 1.82. The third-order valence-electron chi connectivity index (χ3n) is 2.90. The highest BCUT2D eigenvalue weighted by Gasteiger charge is 1.99. The van der Waals surface area contributed by atoms with E-state index in [4.69, 9.17) is 4.74 Å². The van der Waals surface area contributed by atoms with Crippen LogP contribution in [-0.2, 0) is 20.0 Å². The summed E-state index contributed by atoms with van der Waals surface area (Å²) in [6.07, 6.45) is 4.78. The number of hydrogen-bond donors (Lipinski definition) is 1. The molecule has 0 bridgehead atoms. The summed E-state index contributed by atoms with van der Waals surface area (Å²) >= 11 is 0. The third kappa shape index (κ3) is 4.41. The molecule has 102 valence electrons. The number of rotatable bonds is 7. The number of nitrogens with zero attached hydrogens (tertiary/aromatic N) is 2. The first-order valence-electron chi connectivity index (χ1n) is 6.68. The van der Waals surface area contributed by atoms with Gasteiger partial charge in [-0.2, -0.15) is 5.10 Å². The van der Waals surface area contributed by atoms with E-state index in [1.54, 1.807) is 0 Å². The van der Waals surface area contributed by atoms with Gasteiger partial charge in [0.15, 0.2) is 0 Å². The molecule has 0 fully saturated rings. The molecule has 0 amide bonds. The maximum Gasteiger partial charge on any atom is 0.119 e. The first kappa shape index (κ1) is 13.6. The lowest BCUT2D eigenvalue weighted by Gasteiger charge is -2.07. The highest BCUT2D eigenvalue weighted by atomic mass is 16.5. The van der Waals surface area contributed by atoms with Gasteiger partial charge in [-0.1, -0.05) is 19.1 Å². The van der Waals surface area contributed by atoms with Crippen LogP contribution in [0.1, 0.15) is 18.1 Å². The van der Waals surface area contributed by atoms with Crippen molar-refractivity contribution in [1.82, 2.24) is 15.1 Å². The molecular weight excluding hydrogens is 238 g/mol. The maximum absolute atomic E-state index is 5.78. The summed E-state index contributed by atoms with van der Waals surface area (Å²) < 4.78 is 7.59. The zero-order valence-electron chi connectivity index (χ0n) is 11.6. The van der Waals surface area contributed by atoms with E-state index >= 15 is 0 Å². The molecule has 0 saturated carbocycles. The standard InChI is InChI=1S/C15H21N3O/c1-3-16-10-13-5-4-6-15(9-13)19-8-7-14-11-17-18(2)12-14/h4-6,9,11-12,16H,3,7-8,10H2,1-2H3. The number of hydrogen-bond acceptors (Lipinski definition) is 3. The van der Waals surface area contributed by atoms with E-state index in [0.717, 1.165) is 25.3 Å². The molecular formula is C15H21N3O. The first-order chi connectivity index (χ1) is 9.28. The lowest BCUT2D eigenvalue weighted by Crippen LogP contribution is -2.11. The summed E-state index contributed by atoms with van der Waals surface area (Å²) in [6.45, 7) is 4.65. The van der Waals surface area contributed by atoms with E-state index in [1.807, 2.05) is 36.3 Å². The van der Waals surface area contributed by atoms with Crippen molar-refractivity contribution in [2.75, 3.05) is 13.2 Å². The van der Waals surface area contributed by atoms with Crippen LogP contribution in [0.25, 0.3) is 0 Å². The Labute approximate surface area is 114 Å². The molecule has 0 spiro atoms. The number of benzene rings is 1. The van der Waals surface area contributed by atoms with Crippen molar-refractivity contribution in [2.24, 2.45) is 7.05 Å². The fraction of sp³-hybridized carbons (Fsp3) is 0.400. The molecule has 4 nitrogen and oxygen atoms in total. The SMILES string of the molecule is CCNCc1cccc(OCCc2cnn(C)c2)c1. The third-order valence-corrected chi connectivity index (χ3v) is 2.90. The van der Waals surface area contributed by atoms with Crippen LogP contribution in [0.15, 0.2) is 36.7 Å². The molecule has 2 aromatic rings. The molecule has 19 heavy (non-hydrogen) atoms. The zero-order valence-corrected chi connectivity index (χ0v) is 11.6. The van der Waals surface area contributed by atoms with E-state index in [0.29, 0.717) is 6.61 Å². The minimum Gasteiger partial charge on any atom is -0.493 e. The van der Waals surface area contributed by atoms with Crippen molar-refractivity contribution in [3.8, 4) is 5.75 Å². The fourth-order valence-electron chi connectivity index (χ4n) is 1.90. The van der Waals surface area contributed by atoms with Crippen LogP contribution >= 0.6 is 0 Å². The van der Waals surface area contributed by atoms with Gasteiger partial charge < -0.3 is 10.1 Å². The van der Waals surface area contributed by atoms with Crippen LogP contribution in [0, 0.1) is 0 Å². The molecule has 0 radical (unpaired) electrons. The van der Waals surface area contributed by atoms with Crippen LogP contribution in [0.5, 0.6) is 5.75 Å². The second-order valence-electron chi connectivity index (χ2n) is 4.55. The summed E-state index contributed by atoms with van der Waals surface area (Å²) in [4.78, 5) is 0. The van der Waals surface area contributed by atoms with Crippen LogP contribution in [-0.4, -0.2) is 22.9 Å². The number of nitrogens with one attached hydrogen (secondary N) is 1. The predicted molar refractivity (Wildman–Crippen MR) is 76.2 cm³/mol. The van der Waals surface area contributed by atoms with Crippen LogP contribution in [0.2, 0.25) is 0 Å². The minimum atomic E-state index is 0.677. The largest absolute Gasteiger partial charge is 0.493 e. The second-order valence-corrected chi connectivity index (χ2v) is 4.55. The highest BCUT2D eigenvalue weighted by molar-refractivity contribution is 5.28. The van der Waals surface area contributed by atoms with E-state index < -0.39 is 0 Å². The van der Waals surface area contributed by atoms with Gasteiger partial charge in [0.2, 0.25) is 0 Å². The van der Waals surface area contributed by atoms with Crippen LogP contribution in [0.3, 0.4) is 0 Å².